The lowest BCUT2D eigenvalue weighted by molar-refractivity contribution is -0.134. The van der Waals surface area contributed by atoms with Crippen molar-refractivity contribution in [3.05, 3.63) is 30.1 Å². The van der Waals surface area contributed by atoms with E-state index in [9.17, 15) is 14.0 Å². The lowest BCUT2D eigenvalue weighted by Crippen LogP contribution is -2.57. The van der Waals surface area contributed by atoms with Gasteiger partial charge in [-0.05, 0) is 31.3 Å². The minimum Gasteiger partial charge on any atom is -0.340 e. The van der Waals surface area contributed by atoms with Gasteiger partial charge in [0.15, 0.2) is 0 Å². The summed E-state index contributed by atoms with van der Waals surface area (Å²) in [6, 6.07) is 5.22. The van der Waals surface area contributed by atoms with E-state index in [-0.39, 0.29) is 17.6 Å². The Bertz CT molecular complexity index is 504. The van der Waals surface area contributed by atoms with Gasteiger partial charge < -0.3 is 10.2 Å². The SMILES string of the molecule is CC(=O)N1CCN(C)C(C(=O)Nc2ccc(F)cc2)C1. The van der Waals surface area contributed by atoms with Crippen molar-refractivity contribution in [2.45, 2.75) is 13.0 Å². The number of hydrogen-bond acceptors (Lipinski definition) is 3. The molecule has 0 saturated carbocycles. The van der Waals surface area contributed by atoms with Crippen molar-refractivity contribution in [1.29, 1.82) is 0 Å². The fourth-order valence-electron chi connectivity index (χ4n) is 2.20. The molecule has 20 heavy (non-hydrogen) atoms. The Morgan fingerprint density at radius 1 is 1.25 bits per heavy atom. The van der Waals surface area contributed by atoms with Crippen LogP contribution >= 0.6 is 0 Å². The van der Waals surface area contributed by atoms with E-state index in [1.807, 2.05) is 11.9 Å². The standard InChI is InChI=1S/C14H18FN3O2/c1-10(19)18-8-7-17(2)13(9-18)14(20)16-12-5-3-11(15)4-6-12/h3-6,13H,7-9H2,1-2H3,(H,16,20). The molecule has 0 bridgehead atoms. The maximum Gasteiger partial charge on any atom is 0.243 e. The van der Waals surface area contributed by atoms with Gasteiger partial charge in [0, 0.05) is 32.2 Å². The summed E-state index contributed by atoms with van der Waals surface area (Å²) in [7, 11) is 1.85. The second-order valence-electron chi connectivity index (χ2n) is 4.96. The van der Waals surface area contributed by atoms with Crippen molar-refractivity contribution >= 4 is 17.5 Å². The highest BCUT2D eigenvalue weighted by atomic mass is 19.1. The fraction of sp³-hybridized carbons (Fsp3) is 0.429. The normalized spacial score (nSPS) is 19.8. The summed E-state index contributed by atoms with van der Waals surface area (Å²) in [5.74, 6) is -0.566. The molecule has 0 spiro atoms. The van der Waals surface area contributed by atoms with E-state index < -0.39 is 6.04 Å². The third kappa shape index (κ3) is 3.33. The smallest absolute Gasteiger partial charge is 0.243 e. The van der Waals surface area contributed by atoms with Gasteiger partial charge in [0.2, 0.25) is 11.8 Å². The minimum absolute atomic E-state index is 0.0299. The molecule has 0 aliphatic carbocycles. The first kappa shape index (κ1) is 14.5. The molecule has 6 heteroatoms. The van der Waals surface area contributed by atoms with Crippen LogP contribution in [0.15, 0.2) is 24.3 Å². The number of anilines is 1. The van der Waals surface area contributed by atoms with Crippen LogP contribution in [0, 0.1) is 5.82 Å². The number of amides is 2. The number of rotatable bonds is 2. The minimum atomic E-state index is -0.391. The van der Waals surface area contributed by atoms with Crippen LogP contribution in [0.3, 0.4) is 0 Å². The molecular weight excluding hydrogens is 261 g/mol. The predicted molar refractivity (Wildman–Crippen MR) is 73.7 cm³/mol. The second kappa shape index (κ2) is 6.00. The van der Waals surface area contributed by atoms with Gasteiger partial charge >= 0.3 is 0 Å². The number of hydrogen-bond donors (Lipinski definition) is 1. The Morgan fingerprint density at radius 3 is 2.50 bits per heavy atom. The summed E-state index contributed by atoms with van der Waals surface area (Å²) in [6.45, 7) is 3.16. The molecule has 5 nitrogen and oxygen atoms in total. The number of nitrogens with one attached hydrogen (secondary N) is 1. The Balaban J connectivity index is 2.03. The van der Waals surface area contributed by atoms with Gasteiger partial charge in [-0.2, -0.15) is 0 Å². The van der Waals surface area contributed by atoms with Gasteiger partial charge in [-0.15, -0.1) is 0 Å². The highest BCUT2D eigenvalue weighted by molar-refractivity contribution is 5.95. The van der Waals surface area contributed by atoms with Crippen molar-refractivity contribution in [2.75, 3.05) is 32.0 Å². The van der Waals surface area contributed by atoms with Crippen LogP contribution in [0.5, 0.6) is 0 Å². The van der Waals surface area contributed by atoms with Crippen LogP contribution in [-0.2, 0) is 9.59 Å². The van der Waals surface area contributed by atoms with Crippen molar-refractivity contribution in [3.63, 3.8) is 0 Å². The summed E-state index contributed by atoms with van der Waals surface area (Å²) in [4.78, 5) is 27.2. The van der Waals surface area contributed by atoms with E-state index in [0.717, 1.165) is 0 Å². The maximum atomic E-state index is 12.8. The number of piperazine rings is 1. The topological polar surface area (TPSA) is 52.7 Å². The molecule has 108 valence electrons. The molecule has 1 aromatic rings. The molecule has 1 atom stereocenters. The Morgan fingerprint density at radius 2 is 1.90 bits per heavy atom. The van der Waals surface area contributed by atoms with Crippen LogP contribution in [0.1, 0.15) is 6.92 Å². The average Bonchev–Trinajstić information content (AvgIpc) is 2.41. The first-order valence-corrected chi connectivity index (χ1v) is 6.49. The van der Waals surface area contributed by atoms with Crippen LogP contribution in [0.4, 0.5) is 10.1 Å². The molecule has 0 radical (unpaired) electrons. The number of benzene rings is 1. The number of nitrogens with zero attached hydrogens (tertiary/aromatic N) is 2. The molecule has 1 aromatic carbocycles. The van der Waals surface area contributed by atoms with E-state index in [0.29, 0.717) is 25.3 Å². The third-order valence-electron chi connectivity index (χ3n) is 3.51. The maximum absolute atomic E-state index is 12.8. The first-order chi connectivity index (χ1) is 9.47. The van der Waals surface area contributed by atoms with Gasteiger partial charge in [-0.1, -0.05) is 0 Å². The average molecular weight is 279 g/mol. The van der Waals surface area contributed by atoms with Crippen LogP contribution in [0.2, 0.25) is 0 Å². The number of carbonyl (C=O) groups is 2. The summed E-state index contributed by atoms with van der Waals surface area (Å²) in [6.07, 6.45) is 0. The van der Waals surface area contributed by atoms with Gasteiger partial charge in [-0.25, -0.2) is 4.39 Å². The number of likely N-dealkylation sites (N-methyl/N-ethyl adjacent to an activating group) is 1. The molecule has 1 N–H and O–H groups in total. The van der Waals surface area contributed by atoms with Crippen molar-refractivity contribution in [3.8, 4) is 0 Å². The van der Waals surface area contributed by atoms with Gasteiger partial charge in [0.1, 0.15) is 11.9 Å². The first-order valence-electron chi connectivity index (χ1n) is 6.49. The van der Waals surface area contributed by atoms with Gasteiger partial charge in [-0.3, -0.25) is 14.5 Å². The molecule has 1 aliphatic rings. The van der Waals surface area contributed by atoms with E-state index in [4.69, 9.17) is 0 Å². The molecule has 2 amide bonds. The zero-order chi connectivity index (χ0) is 14.7. The van der Waals surface area contributed by atoms with Crippen molar-refractivity contribution < 1.29 is 14.0 Å². The van der Waals surface area contributed by atoms with E-state index >= 15 is 0 Å². The quantitative estimate of drug-likeness (QED) is 0.876. The van der Waals surface area contributed by atoms with Crippen LogP contribution in [0.25, 0.3) is 0 Å². The Labute approximate surface area is 117 Å². The second-order valence-corrected chi connectivity index (χ2v) is 4.96. The summed E-state index contributed by atoms with van der Waals surface area (Å²) < 4.78 is 12.8. The fourth-order valence-corrected chi connectivity index (χ4v) is 2.20. The third-order valence-corrected chi connectivity index (χ3v) is 3.51. The molecule has 1 saturated heterocycles. The van der Waals surface area contributed by atoms with Gasteiger partial charge in [0.25, 0.3) is 0 Å². The van der Waals surface area contributed by atoms with E-state index in [1.165, 1.54) is 31.2 Å². The molecule has 1 aliphatic heterocycles. The summed E-state index contributed by atoms with van der Waals surface area (Å²) >= 11 is 0. The molecule has 1 fully saturated rings. The highest BCUT2D eigenvalue weighted by Gasteiger charge is 2.31. The Hall–Kier alpha value is -1.95. The monoisotopic (exact) mass is 279 g/mol. The lowest BCUT2D eigenvalue weighted by atomic mass is 10.1. The van der Waals surface area contributed by atoms with Gasteiger partial charge in [0.05, 0.1) is 0 Å². The zero-order valence-corrected chi connectivity index (χ0v) is 11.6. The predicted octanol–water partition coefficient (Wildman–Crippen LogP) is 0.927. The molecule has 2 rings (SSSR count). The van der Waals surface area contributed by atoms with Crippen molar-refractivity contribution in [1.82, 2.24) is 9.80 Å². The van der Waals surface area contributed by atoms with E-state index in [2.05, 4.69) is 5.32 Å². The van der Waals surface area contributed by atoms with Crippen molar-refractivity contribution in [2.24, 2.45) is 0 Å². The molecule has 1 unspecified atom stereocenters. The highest BCUT2D eigenvalue weighted by Crippen LogP contribution is 2.13. The van der Waals surface area contributed by atoms with Crippen LogP contribution in [-0.4, -0.2) is 54.3 Å². The number of carbonyl (C=O) groups excluding carboxylic acids is 2. The molecular formula is C14H18FN3O2. The molecule has 0 aromatic heterocycles. The zero-order valence-electron chi connectivity index (χ0n) is 11.6. The van der Waals surface area contributed by atoms with E-state index in [1.54, 1.807) is 4.90 Å². The lowest BCUT2D eigenvalue weighted by Gasteiger charge is -2.38. The summed E-state index contributed by atoms with van der Waals surface area (Å²) in [5.41, 5.74) is 0.546. The largest absolute Gasteiger partial charge is 0.340 e. The Kier molecular flexibility index (Phi) is 4.34. The molecule has 1 heterocycles. The summed E-state index contributed by atoms with van der Waals surface area (Å²) in [5, 5.41) is 2.74. The number of halogens is 1. The van der Waals surface area contributed by atoms with Crippen LogP contribution < -0.4 is 5.32 Å².